The molecule has 0 amide bonds. The van der Waals surface area contributed by atoms with Crippen molar-refractivity contribution >= 4 is 0 Å². The Morgan fingerprint density at radius 1 is 1.04 bits per heavy atom. The SMILES string of the molecule is COc1ccc(CC23C=CN([C@H](C)c4ccccc4)C=C2CCCC3)cc1. The molecule has 1 unspecified atom stereocenters. The van der Waals surface area contributed by atoms with Crippen molar-refractivity contribution in [3.63, 3.8) is 0 Å². The van der Waals surface area contributed by atoms with Gasteiger partial charge in [0.1, 0.15) is 5.75 Å². The van der Waals surface area contributed by atoms with Crippen LogP contribution in [-0.2, 0) is 6.42 Å². The highest BCUT2D eigenvalue weighted by molar-refractivity contribution is 5.35. The van der Waals surface area contributed by atoms with Crippen LogP contribution in [0.4, 0.5) is 0 Å². The molecule has 0 aromatic heterocycles. The van der Waals surface area contributed by atoms with Gasteiger partial charge < -0.3 is 9.64 Å². The molecule has 0 N–H and O–H groups in total. The Labute approximate surface area is 163 Å². The minimum Gasteiger partial charge on any atom is -0.497 e. The quantitative estimate of drug-likeness (QED) is 0.623. The van der Waals surface area contributed by atoms with E-state index >= 15 is 0 Å². The highest BCUT2D eigenvalue weighted by Crippen LogP contribution is 2.47. The van der Waals surface area contributed by atoms with Crippen LogP contribution in [-0.4, -0.2) is 12.0 Å². The van der Waals surface area contributed by atoms with Crippen LogP contribution in [0.15, 0.2) is 78.6 Å². The van der Waals surface area contributed by atoms with Crippen molar-refractivity contribution in [1.29, 1.82) is 0 Å². The molecule has 0 saturated heterocycles. The predicted molar refractivity (Wildman–Crippen MR) is 112 cm³/mol. The summed E-state index contributed by atoms with van der Waals surface area (Å²) in [5.74, 6) is 0.928. The van der Waals surface area contributed by atoms with Crippen molar-refractivity contribution in [3.8, 4) is 5.75 Å². The van der Waals surface area contributed by atoms with E-state index in [-0.39, 0.29) is 5.41 Å². The largest absolute Gasteiger partial charge is 0.497 e. The van der Waals surface area contributed by atoms with Gasteiger partial charge >= 0.3 is 0 Å². The van der Waals surface area contributed by atoms with Crippen LogP contribution in [0, 0.1) is 5.41 Å². The maximum absolute atomic E-state index is 5.31. The van der Waals surface area contributed by atoms with Crippen LogP contribution in [0.25, 0.3) is 0 Å². The van der Waals surface area contributed by atoms with Crippen molar-refractivity contribution in [1.82, 2.24) is 4.90 Å². The first-order chi connectivity index (χ1) is 13.2. The molecule has 1 heterocycles. The Balaban J connectivity index is 1.58. The van der Waals surface area contributed by atoms with Crippen LogP contribution in [0.1, 0.15) is 49.8 Å². The van der Waals surface area contributed by atoms with E-state index in [1.54, 1.807) is 12.7 Å². The van der Waals surface area contributed by atoms with Gasteiger partial charge in [0.15, 0.2) is 0 Å². The fourth-order valence-electron chi connectivity index (χ4n) is 4.51. The molecule has 0 bridgehead atoms. The van der Waals surface area contributed by atoms with Crippen molar-refractivity contribution in [2.45, 2.75) is 45.1 Å². The summed E-state index contributed by atoms with van der Waals surface area (Å²) in [5.41, 5.74) is 4.52. The standard InChI is InChI=1S/C25H29NO/c1-20(22-8-4-3-5-9-22)26-17-16-25(15-7-6-10-23(25)19-26)18-21-11-13-24(27-2)14-12-21/h3-5,8-9,11-14,16-17,19-20H,6-7,10,15,18H2,1-2H3/t20-,25?/m1/s1. The Bertz CT molecular complexity index is 821. The van der Waals surface area contributed by atoms with Gasteiger partial charge in [0.25, 0.3) is 0 Å². The Morgan fingerprint density at radius 3 is 2.56 bits per heavy atom. The van der Waals surface area contributed by atoms with Crippen LogP contribution < -0.4 is 4.74 Å². The van der Waals surface area contributed by atoms with Crippen molar-refractivity contribution in [3.05, 3.63) is 89.8 Å². The molecule has 1 saturated carbocycles. The zero-order chi connectivity index (χ0) is 18.7. The Kier molecular flexibility index (Phi) is 5.07. The molecule has 0 radical (unpaired) electrons. The first-order valence-electron chi connectivity index (χ1n) is 10.1. The van der Waals surface area contributed by atoms with Crippen molar-refractivity contribution in [2.75, 3.05) is 7.11 Å². The summed E-state index contributed by atoms with van der Waals surface area (Å²) in [6.07, 6.45) is 13.4. The molecule has 1 aliphatic carbocycles. The third-order valence-corrected chi connectivity index (χ3v) is 6.24. The predicted octanol–water partition coefficient (Wildman–Crippen LogP) is 6.27. The molecule has 2 aromatic carbocycles. The van der Waals surface area contributed by atoms with Gasteiger partial charge in [0.05, 0.1) is 13.2 Å². The van der Waals surface area contributed by atoms with Gasteiger partial charge in [0, 0.05) is 17.8 Å². The number of methoxy groups -OCH3 is 1. The molecule has 4 rings (SSSR count). The molecule has 27 heavy (non-hydrogen) atoms. The summed E-state index contributed by atoms with van der Waals surface area (Å²) in [4.78, 5) is 2.39. The molecule has 0 spiro atoms. The normalized spacial score (nSPS) is 22.7. The van der Waals surface area contributed by atoms with Crippen LogP contribution >= 0.6 is 0 Å². The Hall–Kier alpha value is -2.48. The van der Waals surface area contributed by atoms with Gasteiger partial charge in [-0.05, 0) is 61.4 Å². The van der Waals surface area contributed by atoms with Crippen LogP contribution in [0.5, 0.6) is 5.75 Å². The summed E-state index contributed by atoms with van der Waals surface area (Å²) in [6.45, 7) is 2.29. The molecular weight excluding hydrogens is 330 g/mol. The zero-order valence-corrected chi connectivity index (χ0v) is 16.4. The monoisotopic (exact) mass is 359 g/mol. The van der Waals surface area contributed by atoms with Gasteiger partial charge in [-0.3, -0.25) is 0 Å². The number of ether oxygens (including phenoxy) is 1. The van der Waals surface area contributed by atoms with E-state index < -0.39 is 0 Å². The molecule has 1 fully saturated rings. The maximum Gasteiger partial charge on any atom is 0.118 e. The van der Waals surface area contributed by atoms with Gasteiger partial charge in [0.2, 0.25) is 0 Å². The average molecular weight is 360 g/mol. The van der Waals surface area contributed by atoms with E-state index in [2.05, 4.69) is 84.9 Å². The second kappa shape index (κ2) is 7.64. The topological polar surface area (TPSA) is 12.5 Å². The molecule has 140 valence electrons. The Morgan fingerprint density at radius 2 is 1.81 bits per heavy atom. The summed E-state index contributed by atoms with van der Waals surface area (Å²) in [7, 11) is 1.72. The molecule has 1 aliphatic heterocycles. The van der Waals surface area contributed by atoms with E-state index in [4.69, 9.17) is 4.74 Å². The van der Waals surface area contributed by atoms with E-state index in [1.807, 2.05) is 0 Å². The summed E-state index contributed by atoms with van der Waals surface area (Å²) >= 11 is 0. The van der Waals surface area contributed by atoms with Crippen LogP contribution in [0.3, 0.4) is 0 Å². The lowest BCUT2D eigenvalue weighted by molar-refractivity contribution is 0.297. The van der Waals surface area contributed by atoms with Gasteiger partial charge in [-0.15, -0.1) is 0 Å². The van der Waals surface area contributed by atoms with Gasteiger partial charge in [-0.2, -0.15) is 0 Å². The highest BCUT2D eigenvalue weighted by atomic mass is 16.5. The van der Waals surface area contributed by atoms with Gasteiger partial charge in [-0.25, -0.2) is 0 Å². The lowest BCUT2D eigenvalue weighted by atomic mass is 9.66. The highest BCUT2D eigenvalue weighted by Gasteiger charge is 2.37. The second-order valence-corrected chi connectivity index (χ2v) is 7.89. The lowest BCUT2D eigenvalue weighted by Crippen LogP contribution is -2.33. The molecular formula is C25H29NO. The molecule has 2 aliphatic rings. The third-order valence-electron chi connectivity index (χ3n) is 6.24. The van der Waals surface area contributed by atoms with E-state index in [1.165, 1.54) is 36.8 Å². The number of benzene rings is 2. The molecule has 2 nitrogen and oxygen atoms in total. The summed E-state index contributed by atoms with van der Waals surface area (Å²) in [5, 5.41) is 0. The van der Waals surface area contributed by atoms with E-state index in [0.717, 1.165) is 12.2 Å². The molecule has 2 atom stereocenters. The maximum atomic E-state index is 5.31. The first kappa shape index (κ1) is 17.9. The number of hydrogen-bond donors (Lipinski definition) is 0. The zero-order valence-electron chi connectivity index (χ0n) is 16.4. The number of nitrogens with zero attached hydrogens (tertiary/aromatic N) is 1. The minimum absolute atomic E-state index is 0.180. The first-order valence-corrected chi connectivity index (χ1v) is 10.1. The van der Waals surface area contributed by atoms with Crippen molar-refractivity contribution in [2.24, 2.45) is 5.41 Å². The second-order valence-electron chi connectivity index (χ2n) is 7.89. The third kappa shape index (κ3) is 3.66. The average Bonchev–Trinajstić information content (AvgIpc) is 2.74. The number of rotatable bonds is 5. The summed E-state index contributed by atoms with van der Waals surface area (Å²) < 4.78 is 5.31. The molecule has 2 aromatic rings. The lowest BCUT2D eigenvalue weighted by Gasteiger charge is -2.43. The van der Waals surface area contributed by atoms with E-state index in [0.29, 0.717) is 6.04 Å². The summed E-state index contributed by atoms with van der Waals surface area (Å²) in [6, 6.07) is 19.7. The molecule has 2 heteroatoms. The van der Waals surface area contributed by atoms with Crippen molar-refractivity contribution < 1.29 is 4.74 Å². The van der Waals surface area contributed by atoms with E-state index in [9.17, 15) is 0 Å². The fourth-order valence-corrected chi connectivity index (χ4v) is 4.51. The number of fused-ring (bicyclic) bond motifs is 1. The fraction of sp³-hybridized carbons (Fsp3) is 0.360. The van der Waals surface area contributed by atoms with Gasteiger partial charge in [-0.1, -0.05) is 55.0 Å². The smallest absolute Gasteiger partial charge is 0.118 e. The number of allylic oxidation sites excluding steroid dienone is 2. The minimum atomic E-state index is 0.180. The number of hydrogen-bond acceptors (Lipinski definition) is 2. The van der Waals surface area contributed by atoms with Crippen LogP contribution in [0.2, 0.25) is 0 Å².